The number of rotatable bonds is 2. The van der Waals surface area contributed by atoms with Crippen molar-refractivity contribution in [1.29, 1.82) is 0 Å². The minimum absolute atomic E-state index is 0.0502. The SMILES string of the molecule is CC1CC(C)N(C(=O)C2=CC(c3ccco3)=NS(=O)(=O)N2C)C(C)C1. The van der Waals surface area contributed by atoms with Crippen LogP contribution in [0.15, 0.2) is 39.0 Å². The normalized spacial score (nSPS) is 29.2. The van der Waals surface area contributed by atoms with Crippen LogP contribution in [0.1, 0.15) is 39.4 Å². The minimum Gasteiger partial charge on any atom is -0.463 e. The van der Waals surface area contributed by atoms with E-state index in [4.69, 9.17) is 4.42 Å². The molecule has 8 heteroatoms. The standard InChI is InChI=1S/C17H23N3O4S/c1-11-8-12(2)20(13(3)9-11)17(21)15-10-14(16-6-5-7-24-16)18-25(22,23)19(15)4/h5-7,10-13H,8-9H2,1-4H3. The number of amides is 1. The lowest BCUT2D eigenvalue weighted by atomic mass is 9.88. The molecule has 1 aromatic heterocycles. The van der Waals surface area contributed by atoms with Crippen molar-refractivity contribution in [1.82, 2.24) is 9.21 Å². The van der Waals surface area contributed by atoms with E-state index in [1.807, 2.05) is 13.8 Å². The van der Waals surface area contributed by atoms with E-state index in [0.717, 1.165) is 17.1 Å². The largest absolute Gasteiger partial charge is 0.463 e. The van der Waals surface area contributed by atoms with Gasteiger partial charge >= 0.3 is 10.2 Å². The topological polar surface area (TPSA) is 83.2 Å². The van der Waals surface area contributed by atoms with Crippen LogP contribution >= 0.6 is 0 Å². The van der Waals surface area contributed by atoms with E-state index in [2.05, 4.69) is 11.3 Å². The van der Waals surface area contributed by atoms with Crippen molar-refractivity contribution < 1.29 is 17.6 Å². The highest BCUT2D eigenvalue weighted by Gasteiger charge is 2.38. The highest BCUT2D eigenvalue weighted by Crippen LogP contribution is 2.30. The van der Waals surface area contributed by atoms with Crippen molar-refractivity contribution >= 4 is 21.8 Å². The number of allylic oxidation sites excluding steroid dienone is 1. The average Bonchev–Trinajstić information content (AvgIpc) is 3.02. The zero-order valence-electron chi connectivity index (χ0n) is 14.8. The van der Waals surface area contributed by atoms with Gasteiger partial charge in [0.25, 0.3) is 5.91 Å². The van der Waals surface area contributed by atoms with E-state index in [-0.39, 0.29) is 29.4 Å². The number of hydrogen-bond acceptors (Lipinski definition) is 4. The monoisotopic (exact) mass is 365 g/mol. The van der Waals surface area contributed by atoms with Crippen LogP contribution in [0.2, 0.25) is 0 Å². The molecule has 3 heterocycles. The zero-order valence-corrected chi connectivity index (χ0v) is 15.7. The van der Waals surface area contributed by atoms with Crippen molar-refractivity contribution in [3.8, 4) is 0 Å². The van der Waals surface area contributed by atoms with Gasteiger partial charge in [0, 0.05) is 19.1 Å². The molecule has 2 atom stereocenters. The number of furan rings is 1. The number of nitrogens with zero attached hydrogens (tertiary/aromatic N) is 3. The van der Waals surface area contributed by atoms with Crippen molar-refractivity contribution in [2.75, 3.05) is 7.05 Å². The molecule has 2 aliphatic rings. The smallest absolute Gasteiger partial charge is 0.345 e. The number of hydrogen-bond donors (Lipinski definition) is 0. The van der Waals surface area contributed by atoms with Gasteiger partial charge in [0.15, 0.2) is 5.76 Å². The van der Waals surface area contributed by atoms with Crippen LogP contribution in [0.4, 0.5) is 0 Å². The van der Waals surface area contributed by atoms with Gasteiger partial charge in [-0.05, 0) is 50.8 Å². The lowest BCUT2D eigenvalue weighted by Gasteiger charge is -2.43. The Hall–Kier alpha value is -2.09. The lowest BCUT2D eigenvalue weighted by Crippen LogP contribution is -2.52. The van der Waals surface area contributed by atoms with E-state index >= 15 is 0 Å². The second-order valence-electron chi connectivity index (χ2n) is 6.92. The van der Waals surface area contributed by atoms with Crippen LogP contribution in [0.3, 0.4) is 0 Å². The van der Waals surface area contributed by atoms with Gasteiger partial charge < -0.3 is 9.32 Å². The second kappa shape index (κ2) is 6.33. The van der Waals surface area contributed by atoms with Gasteiger partial charge in [-0.25, -0.2) is 4.31 Å². The summed E-state index contributed by atoms with van der Waals surface area (Å²) in [6, 6.07) is 3.36. The summed E-state index contributed by atoms with van der Waals surface area (Å²) in [6.45, 7) is 6.18. The van der Waals surface area contributed by atoms with Crippen LogP contribution in [-0.4, -0.2) is 48.4 Å². The first-order valence-electron chi connectivity index (χ1n) is 8.37. The Morgan fingerprint density at radius 3 is 2.44 bits per heavy atom. The number of piperidine rings is 1. The molecule has 3 rings (SSSR count). The quantitative estimate of drug-likeness (QED) is 0.804. The molecule has 1 aromatic rings. The molecule has 2 aliphatic heterocycles. The molecule has 0 radical (unpaired) electrons. The Morgan fingerprint density at radius 1 is 1.24 bits per heavy atom. The molecule has 136 valence electrons. The second-order valence-corrected chi connectivity index (χ2v) is 8.54. The Kier molecular flexibility index (Phi) is 4.49. The van der Waals surface area contributed by atoms with Crippen molar-refractivity contribution in [3.63, 3.8) is 0 Å². The van der Waals surface area contributed by atoms with Gasteiger partial charge in [-0.3, -0.25) is 4.79 Å². The van der Waals surface area contributed by atoms with Gasteiger partial charge in [-0.1, -0.05) is 6.92 Å². The van der Waals surface area contributed by atoms with Crippen LogP contribution in [0.25, 0.3) is 0 Å². The van der Waals surface area contributed by atoms with E-state index in [0.29, 0.717) is 11.7 Å². The van der Waals surface area contributed by atoms with Gasteiger partial charge in [-0.15, -0.1) is 4.40 Å². The Morgan fingerprint density at radius 2 is 1.88 bits per heavy atom. The summed E-state index contributed by atoms with van der Waals surface area (Å²) in [6.07, 6.45) is 4.73. The van der Waals surface area contributed by atoms with Crippen LogP contribution in [-0.2, 0) is 15.0 Å². The van der Waals surface area contributed by atoms with Gasteiger partial charge in [0.1, 0.15) is 11.4 Å². The fourth-order valence-electron chi connectivity index (χ4n) is 3.75. The van der Waals surface area contributed by atoms with Crippen molar-refractivity contribution in [3.05, 3.63) is 35.9 Å². The van der Waals surface area contributed by atoms with Gasteiger partial charge in [0.2, 0.25) is 0 Å². The number of likely N-dealkylation sites (tertiary alicyclic amines) is 1. The Labute approximate surface area is 148 Å². The molecular formula is C17H23N3O4S. The Bertz CT molecular complexity index is 814. The maximum Gasteiger partial charge on any atom is 0.345 e. The third kappa shape index (κ3) is 3.22. The van der Waals surface area contributed by atoms with Gasteiger partial charge in [0.05, 0.1) is 6.26 Å². The first-order chi connectivity index (χ1) is 11.7. The maximum atomic E-state index is 13.2. The van der Waals surface area contributed by atoms with E-state index in [1.54, 1.807) is 17.0 Å². The fourth-order valence-corrected chi connectivity index (χ4v) is 4.64. The fraction of sp³-hybridized carbons (Fsp3) is 0.529. The minimum atomic E-state index is -3.97. The molecule has 1 amide bonds. The summed E-state index contributed by atoms with van der Waals surface area (Å²) in [5, 5.41) is 0. The first-order valence-corrected chi connectivity index (χ1v) is 9.77. The molecular weight excluding hydrogens is 342 g/mol. The summed E-state index contributed by atoms with van der Waals surface area (Å²) >= 11 is 0. The van der Waals surface area contributed by atoms with Crippen molar-refractivity contribution in [2.24, 2.45) is 10.3 Å². The molecule has 25 heavy (non-hydrogen) atoms. The Balaban J connectivity index is 1.99. The molecule has 0 N–H and O–H groups in total. The third-order valence-corrected chi connectivity index (χ3v) is 6.15. The highest BCUT2D eigenvalue weighted by molar-refractivity contribution is 7.88. The van der Waals surface area contributed by atoms with Gasteiger partial charge in [-0.2, -0.15) is 8.42 Å². The predicted octanol–water partition coefficient (Wildman–Crippen LogP) is 2.18. The average molecular weight is 365 g/mol. The molecule has 1 fully saturated rings. The maximum absolute atomic E-state index is 13.2. The molecule has 0 saturated carbocycles. The molecule has 0 bridgehead atoms. The van der Waals surface area contributed by atoms with Crippen molar-refractivity contribution in [2.45, 2.75) is 45.7 Å². The van der Waals surface area contributed by atoms with E-state index < -0.39 is 10.2 Å². The molecule has 1 saturated heterocycles. The highest BCUT2D eigenvalue weighted by atomic mass is 32.2. The molecule has 7 nitrogen and oxygen atoms in total. The first kappa shape index (κ1) is 17.7. The predicted molar refractivity (Wildman–Crippen MR) is 94.2 cm³/mol. The summed E-state index contributed by atoms with van der Waals surface area (Å²) in [5.41, 5.74) is 0.229. The summed E-state index contributed by atoms with van der Waals surface area (Å²) in [4.78, 5) is 14.9. The number of carbonyl (C=O) groups excluding carboxylic acids is 1. The van der Waals surface area contributed by atoms with E-state index in [1.165, 1.54) is 19.4 Å². The lowest BCUT2D eigenvalue weighted by molar-refractivity contribution is -0.134. The molecule has 0 spiro atoms. The summed E-state index contributed by atoms with van der Waals surface area (Å²) in [7, 11) is -2.62. The van der Waals surface area contributed by atoms with Crippen LogP contribution in [0, 0.1) is 5.92 Å². The molecule has 2 unspecified atom stereocenters. The molecule has 0 aromatic carbocycles. The zero-order chi connectivity index (χ0) is 18.4. The molecule has 0 aliphatic carbocycles. The number of carbonyl (C=O) groups is 1. The van der Waals surface area contributed by atoms with E-state index in [9.17, 15) is 13.2 Å². The number of likely N-dealkylation sites (N-methyl/N-ethyl adjacent to an activating group) is 1. The summed E-state index contributed by atoms with van der Waals surface area (Å²) in [5.74, 6) is 0.559. The third-order valence-electron chi connectivity index (χ3n) is 4.84. The van der Waals surface area contributed by atoms with Crippen LogP contribution in [0.5, 0.6) is 0 Å². The summed E-state index contributed by atoms with van der Waals surface area (Å²) < 4.78 is 34.7. The van der Waals surface area contributed by atoms with Crippen LogP contribution < -0.4 is 0 Å².